The summed E-state index contributed by atoms with van der Waals surface area (Å²) in [6.45, 7) is 4.36. The number of amides is 1. The van der Waals surface area contributed by atoms with Crippen LogP contribution in [0.5, 0.6) is 0 Å². The number of nitrogens with zero attached hydrogens (tertiary/aromatic N) is 4. The number of hydrogen-bond acceptors (Lipinski definition) is 4. The fourth-order valence-corrected chi connectivity index (χ4v) is 4.82. The zero-order chi connectivity index (χ0) is 19.0. The summed E-state index contributed by atoms with van der Waals surface area (Å²) in [5.41, 5.74) is 3.43. The minimum atomic E-state index is 0.000322. The van der Waals surface area contributed by atoms with E-state index in [0.29, 0.717) is 0 Å². The largest absolute Gasteiger partial charge is 0.334 e. The van der Waals surface area contributed by atoms with E-state index >= 15 is 0 Å². The third-order valence-corrected chi connectivity index (χ3v) is 6.73. The van der Waals surface area contributed by atoms with Crippen LogP contribution >= 0.6 is 11.3 Å². The van der Waals surface area contributed by atoms with Crippen LogP contribution in [-0.4, -0.2) is 32.6 Å². The van der Waals surface area contributed by atoms with E-state index in [2.05, 4.69) is 30.0 Å². The second kappa shape index (κ2) is 7.27. The van der Waals surface area contributed by atoms with Crippen molar-refractivity contribution in [2.24, 2.45) is 5.92 Å². The van der Waals surface area contributed by atoms with Crippen molar-refractivity contribution in [1.29, 1.82) is 0 Å². The number of fused-ring (bicyclic) bond motifs is 1. The highest BCUT2D eigenvalue weighted by Gasteiger charge is 2.24. The molecule has 3 aromatic rings. The summed E-state index contributed by atoms with van der Waals surface area (Å²) in [6.07, 6.45) is 6.63. The molecule has 0 spiro atoms. The van der Waals surface area contributed by atoms with E-state index in [1.165, 1.54) is 23.2 Å². The highest BCUT2D eigenvalue weighted by atomic mass is 32.1. The van der Waals surface area contributed by atoms with Crippen LogP contribution in [0.1, 0.15) is 52.0 Å². The molecule has 0 unspecified atom stereocenters. The number of hydrogen-bond donors (Lipinski definition) is 0. The molecular weight excluding hydrogens is 356 g/mol. The van der Waals surface area contributed by atoms with Gasteiger partial charge in [0.2, 0.25) is 0 Å². The number of aryl methyl sites for hydroxylation is 1. The van der Waals surface area contributed by atoms with E-state index in [9.17, 15) is 4.79 Å². The predicted molar refractivity (Wildman–Crippen MR) is 107 cm³/mol. The SMILES string of the molecule is C[C@H]1CCc2sc(C(=O)N(C)[C@@H](C)c3ccc(-n4cncn4)cc3)cc2C1. The van der Waals surface area contributed by atoms with Crippen LogP contribution in [0.2, 0.25) is 0 Å². The van der Waals surface area contributed by atoms with Crippen LogP contribution in [-0.2, 0) is 12.8 Å². The van der Waals surface area contributed by atoms with Gasteiger partial charge >= 0.3 is 0 Å². The van der Waals surface area contributed by atoms with Gasteiger partial charge in [-0.15, -0.1) is 11.3 Å². The van der Waals surface area contributed by atoms with Gasteiger partial charge in [0.25, 0.3) is 5.91 Å². The van der Waals surface area contributed by atoms with Gasteiger partial charge < -0.3 is 4.90 Å². The summed E-state index contributed by atoms with van der Waals surface area (Å²) in [7, 11) is 1.89. The average Bonchev–Trinajstić information content (AvgIpc) is 3.36. The van der Waals surface area contributed by atoms with Crippen LogP contribution in [0.25, 0.3) is 5.69 Å². The number of carbonyl (C=O) groups excluding carboxylic acids is 1. The zero-order valence-electron chi connectivity index (χ0n) is 15.9. The van der Waals surface area contributed by atoms with Gasteiger partial charge in [0.05, 0.1) is 16.6 Å². The molecule has 2 aromatic heterocycles. The lowest BCUT2D eigenvalue weighted by atomic mass is 9.90. The molecule has 27 heavy (non-hydrogen) atoms. The summed E-state index contributed by atoms with van der Waals surface area (Å²) in [5.74, 6) is 0.824. The molecule has 6 heteroatoms. The van der Waals surface area contributed by atoms with Crippen LogP contribution in [0, 0.1) is 5.92 Å². The van der Waals surface area contributed by atoms with E-state index in [-0.39, 0.29) is 11.9 Å². The first-order valence-corrected chi connectivity index (χ1v) is 10.2. The highest BCUT2D eigenvalue weighted by molar-refractivity contribution is 7.14. The van der Waals surface area contributed by atoms with Gasteiger partial charge in [0.1, 0.15) is 12.7 Å². The van der Waals surface area contributed by atoms with E-state index in [1.807, 2.05) is 36.2 Å². The third kappa shape index (κ3) is 3.54. The van der Waals surface area contributed by atoms with Gasteiger partial charge in [-0.3, -0.25) is 4.79 Å². The van der Waals surface area contributed by atoms with Crippen molar-refractivity contribution in [1.82, 2.24) is 19.7 Å². The van der Waals surface area contributed by atoms with E-state index < -0.39 is 0 Å². The van der Waals surface area contributed by atoms with E-state index in [1.54, 1.807) is 22.3 Å². The Morgan fingerprint density at radius 1 is 1.33 bits per heavy atom. The second-order valence-electron chi connectivity index (χ2n) is 7.43. The molecule has 0 bridgehead atoms. The Bertz CT molecular complexity index is 930. The maximum Gasteiger partial charge on any atom is 0.264 e. The molecule has 5 nitrogen and oxygen atoms in total. The molecular formula is C21H24N4OS. The molecule has 2 heterocycles. The Balaban J connectivity index is 1.50. The van der Waals surface area contributed by atoms with Gasteiger partial charge in [-0.2, -0.15) is 5.10 Å². The average molecular weight is 381 g/mol. The number of carbonyl (C=O) groups is 1. The van der Waals surface area contributed by atoms with Crippen molar-refractivity contribution in [2.75, 3.05) is 7.05 Å². The fraction of sp³-hybridized carbons (Fsp3) is 0.381. The van der Waals surface area contributed by atoms with Gasteiger partial charge in [-0.05, 0) is 61.4 Å². The van der Waals surface area contributed by atoms with Crippen molar-refractivity contribution < 1.29 is 4.79 Å². The quantitative estimate of drug-likeness (QED) is 0.678. The minimum Gasteiger partial charge on any atom is -0.334 e. The van der Waals surface area contributed by atoms with Crippen molar-refractivity contribution in [3.8, 4) is 5.69 Å². The summed E-state index contributed by atoms with van der Waals surface area (Å²) >= 11 is 1.68. The molecule has 0 saturated heterocycles. The van der Waals surface area contributed by atoms with Crippen molar-refractivity contribution in [3.63, 3.8) is 0 Å². The van der Waals surface area contributed by atoms with Crippen LogP contribution in [0.3, 0.4) is 0 Å². The Hall–Kier alpha value is -2.47. The molecule has 1 amide bonds. The topological polar surface area (TPSA) is 51.0 Å². The van der Waals surface area contributed by atoms with Crippen LogP contribution in [0.15, 0.2) is 43.0 Å². The van der Waals surface area contributed by atoms with Crippen LogP contribution in [0.4, 0.5) is 0 Å². The summed E-state index contributed by atoms with van der Waals surface area (Å²) in [4.78, 5) is 21.1. The standard InChI is InChI=1S/C21H24N4OS/c1-14-4-9-19-17(10-14)11-20(27-19)21(26)24(3)15(2)16-5-7-18(8-6-16)25-13-22-12-23-25/h5-8,11-15H,4,9-10H2,1-3H3/t14-,15-/m0/s1. The van der Waals surface area contributed by atoms with Gasteiger partial charge in [-0.25, -0.2) is 9.67 Å². The number of thiophene rings is 1. The van der Waals surface area contributed by atoms with E-state index in [0.717, 1.165) is 34.9 Å². The lowest BCUT2D eigenvalue weighted by molar-refractivity contribution is 0.0747. The molecule has 0 aliphatic heterocycles. The van der Waals surface area contributed by atoms with Crippen LogP contribution < -0.4 is 0 Å². The molecule has 140 valence electrons. The first-order chi connectivity index (χ1) is 13.0. The van der Waals surface area contributed by atoms with E-state index in [4.69, 9.17) is 0 Å². The predicted octanol–water partition coefficient (Wildman–Crippen LogP) is 4.29. The molecule has 0 N–H and O–H groups in total. The molecule has 1 aliphatic rings. The number of aromatic nitrogens is 3. The smallest absolute Gasteiger partial charge is 0.264 e. The first kappa shape index (κ1) is 17.9. The molecule has 4 rings (SSSR count). The molecule has 0 saturated carbocycles. The van der Waals surface area contributed by atoms with Gasteiger partial charge in [0.15, 0.2) is 0 Å². The molecule has 1 aliphatic carbocycles. The van der Waals surface area contributed by atoms with Gasteiger partial charge in [0, 0.05) is 11.9 Å². The third-order valence-electron chi connectivity index (χ3n) is 5.50. The molecule has 0 fully saturated rings. The molecule has 2 atom stereocenters. The highest BCUT2D eigenvalue weighted by Crippen LogP contribution is 2.33. The summed E-state index contributed by atoms with van der Waals surface area (Å²) < 4.78 is 1.72. The summed E-state index contributed by atoms with van der Waals surface area (Å²) in [5, 5.41) is 4.14. The maximum atomic E-state index is 13.0. The Kier molecular flexibility index (Phi) is 4.83. The maximum absolute atomic E-state index is 13.0. The monoisotopic (exact) mass is 380 g/mol. The Morgan fingerprint density at radius 2 is 2.11 bits per heavy atom. The first-order valence-electron chi connectivity index (χ1n) is 9.36. The van der Waals surface area contributed by atoms with Crippen molar-refractivity contribution in [2.45, 2.75) is 39.2 Å². The number of rotatable bonds is 4. The normalized spacial score (nSPS) is 17.4. The Morgan fingerprint density at radius 3 is 2.81 bits per heavy atom. The fourth-order valence-electron chi connectivity index (χ4n) is 3.63. The lowest BCUT2D eigenvalue weighted by Crippen LogP contribution is -2.29. The van der Waals surface area contributed by atoms with Crippen molar-refractivity contribution >= 4 is 17.2 Å². The molecule has 1 aromatic carbocycles. The van der Waals surface area contributed by atoms with Crippen molar-refractivity contribution in [3.05, 3.63) is 63.9 Å². The second-order valence-corrected chi connectivity index (χ2v) is 8.57. The summed E-state index contributed by atoms with van der Waals surface area (Å²) in [6, 6.07) is 10.2. The minimum absolute atomic E-state index is 0.000322. The number of benzene rings is 1. The lowest BCUT2D eigenvalue weighted by Gasteiger charge is -2.25. The molecule has 0 radical (unpaired) electrons. The zero-order valence-corrected chi connectivity index (χ0v) is 16.7. The van der Waals surface area contributed by atoms with Gasteiger partial charge in [-0.1, -0.05) is 19.1 Å². The Labute approximate surface area is 163 Å².